The van der Waals surface area contributed by atoms with Crippen molar-refractivity contribution in [2.75, 3.05) is 25.0 Å². The first-order valence-electron chi connectivity index (χ1n) is 8.80. The fourth-order valence-electron chi connectivity index (χ4n) is 3.61. The van der Waals surface area contributed by atoms with Gasteiger partial charge in [-0.2, -0.15) is 0 Å². The summed E-state index contributed by atoms with van der Waals surface area (Å²) in [6.45, 7) is 1.44. The highest BCUT2D eigenvalue weighted by Gasteiger charge is 2.24. The summed E-state index contributed by atoms with van der Waals surface area (Å²) in [5, 5.41) is 1.72. The molecule has 1 aliphatic rings. The van der Waals surface area contributed by atoms with Gasteiger partial charge in [-0.1, -0.05) is 36.4 Å². The standard InChI is InChI=1S/C21H21N3O2/c1-23(15-7-3-2-4-8-15)14-20(25)24-12-11-17-16-9-5-6-10-18(16)21(26)22-19(17)13-24/h2-10H,11-14H2,1H3,(H,22,26). The summed E-state index contributed by atoms with van der Waals surface area (Å²) in [6.07, 6.45) is 0.757. The Bertz CT molecular complexity index is 1010. The molecule has 0 atom stereocenters. The number of H-pyrrole nitrogens is 1. The second-order valence-corrected chi connectivity index (χ2v) is 6.71. The number of pyridine rings is 1. The number of carbonyl (C=O) groups excluding carboxylic acids is 1. The van der Waals surface area contributed by atoms with Crippen LogP contribution in [-0.4, -0.2) is 35.9 Å². The van der Waals surface area contributed by atoms with Gasteiger partial charge < -0.3 is 14.8 Å². The first-order valence-corrected chi connectivity index (χ1v) is 8.80. The van der Waals surface area contributed by atoms with Gasteiger partial charge in [-0.05, 0) is 35.6 Å². The summed E-state index contributed by atoms with van der Waals surface area (Å²) < 4.78 is 0. The quantitative estimate of drug-likeness (QED) is 0.792. The maximum Gasteiger partial charge on any atom is 0.256 e. The van der Waals surface area contributed by atoms with Crippen molar-refractivity contribution in [1.82, 2.24) is 9.88 Å². The SMILES string of the molecule is CN(CC(=O)N1CCc2c([nH]c(=O)c3ccccc23)C1)c1ccccc1. The molecule has 2 heterocycles. The summed E-state index contributed by atoms with van der Waals surface area (Å²) in [6, 6.07) is 17.5. The lowest BCUT2D eigenvalue weighted by atomic mass is 9.98. The van der Waals surface area contributed by atoms with Crippen LogP contribution in [0.3, 0.4) is 0 Å². The third kappa shape index (κ3) is 2.96. The van der Waals surface area contributed by atoms with E-state index >= 15 is 0 Å². The number of fused-ring (bicyclic) bond motifs is 3. The molecular formula is C21H21N3O2. The minimum Gasteiger partial charge on any atom is -0.365 e. The van der Waals surface area contributed by atoms with Crippen LogP contribution in [-0.2, 0) is 17.8 Å². The van der Waals surface area contributed by atoms with E-state index in [1.54, 1.807) is 0 Å². The van der Waals surface area contributed by atoms with Gasteiger partial charge in [-0.15, -0.1) is 0 Å². The predicted octanol–water partition coefficient (Wildman–Crippen LogP) is 2.55. The fraction of sp³-hybridized carbons (Fsp3) is 0.238. The molecule has 5 heteroatoms. The molecule has 1 aliphatic heterocycles. The van der Waals surface area contributed by atoms with Crippen molar-refractivity contribution in [1.29, 1.82) is 0 Å². The number of carbonyl (C=O) groups is 1. The number of amides is 1. The van der Waals surface area contributed by atoms with Crippen LogP contribution >= 0.6 is 0 Å². The highest BCUT2D eigenvalue weighted by molar-refractivity contribution is 5.86. The predicted molar refractivity (Wildman–Crippen MR) is 103 cm³/mol. The van der Waals surface area contributed by atoms with Crippen LogP contribution in [0.2, 0.25) is 0 Å². The molecule has 4 rings (SSSR count). The number of aromatic nitrogens is 1. The maximum atomic E-state index is 12.7. The van der Waals surface area contributed by atoms with Crippen molar-refractivity contribution < 1.29 is 4.79 Å². The monoisotopic (exact) mass is 347 g/mol. The number of rotatable bonds is 3. The number of para-hydroxylation sites is 1. The summed E-state index contributed by atoms with van der Waals surface area (Å²) >= 11 is 0. The highest BCUT2D eigenvalue weighted by atomic mass is 16.2. The third-order valence-corrected chi connectivity index (χ3v) is 5.03. The number of benzene rings is 2. The lowest BCUT2D eigenvalue weighted by molar-refractivity contribution is -0.130. The van der Waals surface area contributed by atoms with Gasteiger partial charge in [-0.25, -0.2) is 0 Å². The molecule has 1 amide bonds. The van der Waals surface area contributed by atoms with Gasteiger partial charge in [0, 0.05) is 30.4 Å². The number of aromatic amines is 1. The maximum absolute atomic E-state index is 12.7. The summed E-state index contributed by atoms with van der Waals surface area (Å²) in [7, 11) is 1.92. The minimum absolute atomic E-state index is 0.0658. The van der Waals surface area contributed by atoms with Gasteiger partial charge in [0.15, 0.2) is 0 Å². The fourth-order valence-corrected chi connectivity index (χ4v) is 3.61. The molecule has 0 fully saturated rings. The third-order valence-electron chi connectivity index (χ3n) is 5.03. The van der Waals surface area contributed by atoms with E-state index in [0.717, 1.165) is 34.1 Å². The zero-order valence-corrected chi connectivity index (χ0v) is 14.7. The Morgan fingerprint density at radius 3 is 2.54 bits per heavy atom. The van der Waals surface area contributed by atoms with Crippen molar-refractivity contribution in [3.05, 3.63) is 76.2 Å². The molecule has 0 saturated carbocycles. The lowest BCUT2D eigenvalue weighted by Crippen LogP contribution is -2.42. The van der Waals surface area contributed by atoms with Crippen LogP contribution in [0.5, 0.6) is 0 Å². The number of likely N-dealkylation sites (N-methyl/N-ethyl adjacent to an activating group) is 1. The first kappa shape index (κ1) is 16.4. The molecule has 0 radical (unpaired) electrons. The van der Waals surface area contributed by atoms with Crippen LogP contribution in [0.1, 0.15) is 11.3 Å². The molecular weight excluding hydrogens is 326 g/mol. The van der Waals surface area contributed by atoms with Crippen LogP contribution in [0, 0.1) is 0 Å². The van der Waals surface area contributed by atoms with Gasteiger partial charge in [-0.3, -0.25) is 9.59 Å². The molecule has 132 valence electrons. The second-order valence-electron chi connectivity index (χ2n) is 6.71. The van der Waals surface area contributed by atoms with E-state index in [2.05, 4.69) is 4.98 Å². The van der Waals surface area contributed by atoms with Gasteiger partial charge in [0.1, 0.15) is 0 Å². The largest absolute Gasteiger partial charge is 0.365 e. The average Bonchev–Trinajstić information content (AvgIpc) is 2.68. The Hall–Kier alpha value is -3.08. The number of nitrogens with one attached hydrogen (secondary N) is 1. The molecule has 5 nitrogen and oxygen atoms in total. The van der Waals surface area contributed by atoms with Gasteiger partial charge in [0.2, 0.25) is 5.91 Å². The Labute approximate surface area is 151 Å². The van der Waals surface area contributed by atoms with Crippen molar-refractivity contribution in [3.63, 3.8) is 0 Å². The number of hydrogen-bond acceptors (Lipinski definition) is 3. The molecule has 0 aliphatic carbocycles. The zero-order chi connectivity index (χ0) is 18.1. The van der Waals surface area contributed by atoms with Gasteiger partial charge >= 0.3 is 0 Å². The van der Waals surface area contributed by atoms with E-state index in [1.807, 2.05) is 71.4 Å². The summed E-state index contributed by atoms with van der Waals surface area (Å²) in [4.78, 5) is 31.8. The van der Waals surface area contributed by atoms with E-state index in [0.29, 0.717) is 19.6 Å². The average molecular weight is 347 g/mol. The van der Waals surface area contributed by atoms with Gasteiger partial charge in [0.05, 0.1) is 13.1 Å². The molecule has 0 unspecified atom stereocenters. The van der Waals surface area contributed by atoms with Crippen molar-refractivity contribution in [2.24, 2.45) is 0 Å². The van der Waals surface area contributed by atoms with E-state index in [9.17, 15) is 9.59 Å². The lowest BCUT2D eigenvalue weighted by Gasteiger charge is -2.31. The Morgan fingerprint density at radius 2 is 1.77 bits per heavy atom. The summed E-state index contributed by atoms with van der Waals surface area (Å²) in [5.74, 6) is 0.0658. The van der Waals surface area contributed by atoms with Gasteiger partial charge in [0.25, 0.3) is 5.56 Å². The van der Waals surface area contributed by atoms with Crippen LogP contribution in [0.4, 0.5) is 5.69 Å². The Morgan fingerprint density at radius 1 is 1.08 bits per heavy atom. The molecule has 26 heavy (non-hydrogen) atoms. The van der Waals surface area contributed by atoms with E-state index in [1.165, 1.54) is 0 Å². The Kier molecular flexibility index (Phi) is 4.21. The van der Waals surface area contributed by atoms with Crippen LogP contribution in [0.15, 0.2) is 59.4 Å². The zero-order valence-electron chi connectivity index (χ0n) is 14.7. The molecule has 2 aromatic carbocycles. The molecule has 1 N–H and O–H groups in total. The number of hydrogen-bond donors (Lipinski definition) is 1. The summed E-state index contributed by atoms with van der Waals surface area (Å²) in [5.41, 5.74) is 2.93. The molecule has 0 bridgehead atoms. The molecule has 3 aromatic rings. The van der Waals surface area contributed by atoms with E-state index in [4.69, 9.17) is 0 Å². The van der Waals surface area contributed by atoms with E-state index in [-0.39, 0.29) is 11.5 Å². The smallest absolute Gasteiger partial charge is 0.256 e. The first-order chi connectivity index (χ1) is 12.6. The molecule has 0 spiro atoms. The number of nitrogens with zero attached hydrogens (tertiary/aromatic N) is 2. The number of anilines is 1. The van der Waals surface area contributed by atoms with Crippen molar-refractivity contribution in [2.45, 2.75) is 13.0 Å². The van der Waals surface area contributed by atoms with E-state index < -0.39 is 0 Å². The highest BCUT2D eigenvalue weighted by Crippen LogP contribution is 2.24. The van der Waals surface area contributed by atoms with Crippen molar-refractivity contribution in [3.8, 4) is 0 Å². The normalized spacial score (nSPS) is 13.5. The minimum atomic E-state index is -0.0879. The Balaban J connectivity index is 1.55. The molecule has 1 aromatic heterocycles. The van der Waals surface area contributed by atoms with Crippen molar-refractivity contribution >= 4 is 22.4 Å². The van der Waals surface area contributed by atoms with Crippen LogP contribution in [0.25, 0.3) is 10.8 Å². The molecule has 0 saturated heterocycles. The second kappa shape index (κ2) is 6.67. The van der Waals surface area contributed by atoms with Crippen LogP contribution < -0.4 is 10.5 Å². The topological polar surface area (TPSA) is 56.4 Å².